The van der Waals surface area contributed by atoms with Crippen molar-refractivity contribution < 1.29 is 9.13 Å². The van der Waals surface area contributed by atoms with Gasteiger partial charge in [-0.3, -0.25) is 0 Å². The molecule has 0 radical (unpaired) electrons. The van der Waals surface area contributed by atoms with E-state index < -0.39 is 0 Å². The van der Waals surface area contributed by atoms with E-state index in [1.54, 1.807) is 14.0 Å². The lowest BCUT2D eigenvalue weighted by Crippen LogP contribution is -2.41. The Kier molecular flexibility index (Phi) is 2.89. The predicted molar refractivity (Wildman–Crippen MR) is 62.3 cm³/mol. The molecule has 2 nitrogen and oxygen atoms in total. The maximum Gasteiger partial charge on any atom is 0.129 e. The molecule has 0 spiro atoms. The van der Waals surface area contributed by atoms with E-state index in [1.807, 2.05) is 6.07 Å². The van der Waals surface area contributed by atoms with Crippen LogP contribution in [0.3, 0.4) is 0 Å². The molecular formula is C13H18FNO. The molecule has 2 rings (SSSR count). The Morgan fingerprint density at radius 3 is 2.56 bits per heavy atom. The van der Waals surface area contributed by atoms with Crippen LogP contribution in [-0.2, 0) is 5.41 Å². The summed E-state index contributed by atoms with van der Waals surface area (Å²) in [6.45, 7) is 2.38. The molecule has 0 saturated heterocycles. The standard InChI is InChI=1S/C13H18FNO/c1-9-6-10(12(16-2)7-11(9)14)13(8-15)4-3-5-13/h6-7H,3-5,8,15H2,1-2H3. The third kappa shape index (κ3) is 1.59. The highest BCUT2D eigenvalue weighted by Crippen LogP contribution is 2.46. The lowest BCUT2D eigenvalue weighted by atomic mass is 9.64. The summed E-state index contributed by atoms with van der Waals surface area (Å²) in [6, 6.07) is 3.36. The summed E-state index contributed by atoms with van der Waals surface area (Å²) < 4.78 is 18.7. The van der Waals surface area contributed by atoms with E-state index in [0.29, 0.717) is 17.9 Å². The van der Waals surface area contributed by atoms with Crippen LogP contribution in [0.4, 0.5) is 4.39 Å². The van der Waals surface area contributed by atoms with Crippen molar-refractivity contribution in [3.05, 3.63) is 29.1 Å². The molecule has 0 aromatic heterocycles. The average Bonchev–Trinajstić information content (AvgIpc) is 2.22. The fraction of sp³-hybridized carbons (Fsp3) is 0.538. The van der Waals surface area contributed by atoms with Gasteiger partial charge >= 0.3 is 0 Å². The molecule has 0 atom stereocenters. The molecule has 0 unspecified atom stereocenters. The van der Waals surface area contributed by atoms with E-state index in [0.717, 1.165) is 18.4 Å². The molecule has 0 bridgehead atoms. The van der Waals surface area contributed by atoms with Crippen molar-refractivity contribution in [1.29, 1.82) is 0 Å². The summed E-state index contributed by atoms with van der Waals surface area (Å²) in [5, 5.41) is 0. The first-order chi connectivity index (χ1) is 7.63. The van der Waals surface area contributed by atoms with Gasteiger partial charge in [-0.15, -0.1) is 0 Å². The van der Waals surface area contributed by atoms with Gasteiger partial charge in [0.15, 0.2) is 0 Å². The number of halogens is 1. The summed E-state index contributed by atoms with van der Waals surface area (Å²) in [5.41, 5.74) is 7.62. The Bertz CT molecular complexity index is 394. The van der Waals surface area contributed by atoms with Gasteiger partial charge in [0.1, 0.15) is 11.6 Å². The normalized spacial score (nSPS) is 18.0. The van der Waals surface area contributed by atoms with Crippen LogP contribution in [0.5, 0.6) is 5.75 Å². The van der Waals surface area contributed by atoms with Crippen LogP contribution < -0.4 is 10.5 Å². The van der Waals surface area contributed by atoms with E-state index in [-0.39, 0.29) is 11.2 Å². The Balaban J connectivity index is 2.50. The molecule has 2 N–H and O–H groups in total. The molecular weight excluding hydrogens is 205 g/mol. The fourth-order valence-corrected chi connectivity index (χ4v) is 2.43. The van der Waals surface area contributed by atoms with Crippen LogP contribution in [0.25, 0.3) is 0 Å². The van der Waals surface area contributed by atoms with Crippen molar-refractivity contribution in [2.24, 2.45) is 5.73 Å². The number of ether oxygens (including phenoxy) is 1. The SMILES string of the molecule is COc1cc(F)c(C)cc1C1(CN)CCC1. The van der Waals surface area contributed by atoms with E-state index in [2.05, 4.69) is 0 Å². The van der Waals surface area contributed by atoms with Crippen molar-refractivity contribution >= 4 is 0 Å². The zero-order valence-corrected chi connectivity index (χ0v) is 9.85. The molecule has 1 aliphatic rings. The highest BCUT2D eigenvalue weighted by atomic mass is 19.1. The first-order valence-corrected chi connectivity index (χ1v) is 5.67. The third-order valence-electron chi connectivity index (χ3n) is 3.75. The van der Waals surface area contributed by atoms with Crippen LogP contribution in [0, 0.1) is 12.7 Å². The molecule has 88 valence electrons. The molecule has 1 saturated carbocycles. The van der Waals surface area contributed by atoms with Gasteiger partial charge in [-0.2, -0.15) is 0 Å². The smallest absolute Gasteiger partial charge is 0.129 e. The second kappa shape index (κ2) is 4.06. The maximum atomic E-state index is 13.4. The lowest BCUT2D eigenvalue weighted by molar-refractivity contribution is 0.243. The topological polar surface area (TPSA) is 35.2 Å². The zero-order chi connectivity index (χ0) is 11.8. The van der Waals surface area contributed by atoms with Gasteiger partial charge in [0, 0.05) is 23.6 Å². The first kappa shape index (κ1) is 11.4. The number of rotatable bonds is 3. The molecule has 3 heteroatoms. The maximum absolute atomic E-state index is 13.4. The molecule has 1 aromatic carbocycles. The largest absolute Gasteiger partial charge is 0.496 e. The second-order valence-corrected chi connectivity index (χ2v) is 4.64. The van der Waals surface area contributed by atoms with Crippen LogP contribution in [-0.4, -0.2) is 13.7 Å². The third-order valence-corrected chi connectivity index (χ3v) is 3.75. The van der Waals surface area contributed by atoms with Crippen molar-refractivity contribution in [3.63, 3.8) is 0 Å². The summed E-state index contributed by atoms with van der Waals surface area (Å²) in [6.07, 6.45) is 3.34. The van der Waals surface area contributed by atoms with Gasteiger partial charge in [-0.1, -0.05) is 6.42 Å². The molecule has 1 aromatic rings. The Labute approximate surface area is 95.6 Å². The van der Waals surface area contributed by atoms with E-state index >= 15 is 0 Å². The van der Waals surface area contributed by atoms with E-state index in [9.17, 15) is 4.39 Å². The van der Waals surface area contributed by atoms with Gasteiger partial charge < -0.3 is 10.5 Å². The summed E-state index contributed by atoms with van der Waals surface area (Å²) >= 11 is 0. The number of benzene rings is 1. The Morgan fingerprint density at radius 2 is 2.12 bits per heavy atom. The molecule has 0 aliphatic heterocycles. The van der Waals surface area contributed by atoms with Crippen molar-refractivity contribution in [1.82, 2.24) is 0 Å². The minimum absolute atomic E-state index is 0.0177. The van der Waals surface area contributed by atoms with Gasteiger partial charge in [0.05, 0.1) is 7.11 Å². The second-order valence-electron chi connectivity index (χ2n) is 4.64. The Hall–Kier alpha value is -1.09. The first-order valence-electron chi connectivity index (χ1n) is 5.67. The number of methoxy groups -OCH3 is 1. The quantitative estimate of drug-likeness (QED) is 0.854. The predicted octanol–water partition coefficient (Wildman–Crippen LogP) is 2.52. The van der Waals surface area contributed by atoms with E-state index in [1.165, 1.54) is 12.5 Å². The zero-order valence-electron chi connectivity index (χ0n) is 9.85. The molecule has 1 fully saturated rings. The minimum atomic E-state index is -0.216. The van der Waals surface area contributed by atoms with Crippen LogP contribution >= 0.6 is 0 Å². The van der Waals surface area contributed by atoms with Gasteiger partial charge in [0.25, 0.3) is 0 Å². The average molecular weight is 223 g/mol. The minimum Gasteiger partial charge on any atom is -0.496 e. The summed E-state index contributed by atoms with van der Waals surface area (Å²) in [7, 11) is 1.58. The van der Waals surface area contributed by atoms with Gasteiger partial charge in [-0.05, 0) is 31.4 Å². The van der Waals surface area contributed by atoms with Crippen LogP contribution in [0.15, 0.2) is 12.1 Å². The van der Waals surface area contributed by atoms with Crippen LogP contribution in [0.1, 0.15) is 30.4 Å². The molecule has 0 heterocycles. The van der Waals surface area contributed by atoms with Crippen LogP contribution in [0.2, 0.25) is 0 Å². The van der Waals surface area contributed by atoms with Crippen molar-refractivity contribution in [2.75, 3.05) is 13.7 Å². The highest BCUT2D eigenvalue weighted by molar-refractivity contribution is 5.44. The summed E-state index contributed by atoms with van der Waals surface area (Å²) in [5.74, 6) is 0.417. The summed E-state index contributed by atoms with van der Waals surface area (Å²) in [4.78, 5) is 0. The van der Waals surface area contributed by atoms with Crippen molar-refractivity contribution in [2.45, 2.75) is 31.6 Å². The monoisotopic (exact) mass is 223 g/mol. The van der Waals surface area contributed by atoms with Gasteiger partial charge in [-0.25, -0.2) is 4.39 Å². The van der Waals surface area contributed by atoms with Gasteiger partial charge in [0.2, 0.25) is 0 Å². The number of nitrogens with two attached hydrogens (primary N) is 1. The lowest BCUT2D eigenvalue weighted by Gasteiger charge is -2.42. The molecule has 16 heavy (non-hydrogen) atoms. The number of aryl methyl sites for hydroxylation is 1. The molecule has 0 amide bonds. The van der Waals surface area contributed by atoms with Crippen molar-refractivity contribution in [3.8, 4) is 5.75 Å². The Morgan fingerprint density at radius 1 is 1.44 bits per heavy atom. The molecule has 1 aliphatic carbocycles. The number of hydrogen-bond donors (Lipinski definition) is 1. The fourth-order valence-electron chi connectivity index (χ4n) is 2.43. The number of hydrogen-bond acceptors (Lipinski definition) is 2. The highest BCUT2D eigenvalue weighted by Gasteiger charge is 2.39. The van der Waals surface area contributed by atoms with E-state index in [4.69, 9.17) is 10.5 Å².